The fraction of sp³-hybridized carbons (Fsp3) is 0.786. The predicted molar refractivity (Wildman–Crippen MR) is 75.4 cm³/mol. The molecule has 1 saturated carbocycles. The smallest absolute Gasteiger partial charge is 0.326 e. The summed E-state index contributed by atoms with van der Waals surface area (Å²) in [6, 6.07) is -1.10. The quantitative estimate of drug-likeness (QED) is 0.586. The van der Waals surface area contributed by atoms with Crippen LogP contribution in [0.1, 0.15) is 44.9 Å². The number of carboxylic acid groups (broad SMARTS) is 1. The summed E-state index contributed by atoms with van der Waals surface area (Å²) >= 11 is 0. The van der Waals surface area contributed by atoms with Gasteiger partial charge in [0, 0.05) is 13.0 Å². The Hall–Kier alpha value is -1.63. The van der Waals surface area contributed by atoms with Crippen LogP contribution in [0.2, 0.25) is 0 Å². The molecule has 7 heteroatoms. The van der Waals surface area contributed by atoms with Crippen molar-refractivity contribution < 1.29 is 24.2 Å². The van der Waals surface area contributed by atoms with Gasteiger partial charge >= 0.3 is 11.9 Å². The maximum Gasteiger partial charge on any atom is 0.326 e. The van der Waals surface area contributed by atoms with Crippen molar-refractivity contribution >= 4 is 17.8 Å². The van der Waals surface area contributed by atoms with Gasteiger partial charge in [0.1, 0.15) is 6.04 Å². The Morgan fingerprint density at radius 3 is 2.38 bits per heavy atom. The van der Waals surface area contributed by atoms with Gasteiger partial charge in [-0.25, -0.2) is 4.79 Å². The SMILES string of the molecule is COC(=O)CC[C@H](NC(=O)C1(CN)CCCCC1)C(=O)O. The Kier molecular flexibility index (Phi) is 6.61. The lowest BCUT2D eigenvalue weighted by atomic mass is 9.73. The molecule has 0 saturated heterocycles. The van der Waals surface area contributed by atoms with Gasteiger partial charge in [0.2, 0.25) is 5.91 Å². The van der Waals surface area contributed by atoms with Crippen molar-refractivity contribution in [1.82, 2.24) is 5.32 Å². The fourth-order valence-corrected chi connectivity index (χ4v) is 2.69. The van der Waals surface area contributed by atoms with E-state index in [1.54, 1.807) is 0 Å². The van der Waals surface area contributed by atoms with Gasteiger partial charge in [0.05, 0.1) is 12.5 Å². The largest absolute Gasteiger partial charge is 0.480 e. The molecule has 0 bridgehead atoms. The first-order chi connectivity index (χ1) is 9.95. The van der Waals surface area contributed by atoms with Crippen molar-refractivity contribution in [3.63, 3.8) is 0 Å². The van der Waals surface area contributed by atoms with E-state index in [2.05, 4.69) is 10.1 Å². The van der Waals surface area contributed by atoms with Crippen molar-refractivity contribution in [1.29, 1.82) is 0 Å². The molecule has 0 unspecified atom stereocenters. The molecule has 0 aromatic heterocycles. The molecule has 7 nitrogen and oxygen atoms in total. The van der Waals surface area contributed by atoms with Crippen LogP contribution < -0.4 is 11.1 Å². The first kappa shape index (κ1) is 17.4. The lowest BCUT2D eigenvalue weighted by Crippen LogP contribution is -2.52. The molecule has 0 radical (unpaired) electrons. The standard InChI is InChI=1S/C14H24N2O5/c1-21-11(17)6-5-10(12(18)19)16-13(20)14(9-15)7-3-2-4-8-14/h10H,2-9,15H2,1H3,(H,16,20)(H,18,19)/t10-/m0/s1. The fourth-order valence-electron chi connectivity index (χ4n) is 2.69. The van der Waals surface area contributed by atoms with Crippen LogP contribution in [0, 0.1) is 5.41 Å². The number of esters is 1. The number of hydrogen-bond acceptors (Lipinski definition) is 5. The number of rotatable bonds is 7. The van der Waals surface area contributed by atoms with Gasteiger partial charge in [0.15, 0.2) is 0 Å². The van der Waals surface area contributed by atoms with Crippen LogP contribution in [0.25, 0.3) is 0 Å². The minimum atomic E-state index is -1.16. The van der Waals surface area contributed by atoms with Crippen LogP contribution in [0.3, 0.4) is 0 Å². The van der Waals surface area contributed by atoms with Crippen LogP contribution in [-0.2, 0) is 19.1 Å². The maximum atomic E-state index is 12.4. The van der Waals surface area contributed by atoms with E-state index in [0.717, 1.165) is 19.3 Å². The van der Waals surface area contributed by atoms with Gasteiger partial charge in [-0.2, -0.15) is 0 Å². The molecule has 1 atom stereocenters. The Morgan fingerprint density at radius 1 is 1.29 bits per heavy atom. The number of carboxylic acids is 1. The summed E-state index contributed by atoms with van der Waals surface area (Å²) in [5.74, 6) is -1.97. The highest BCUT2D eigenvalue weighted by atomic mass is 16.5. The van der Waals surface area contributed by atoms with E-state index < -0.39 is 23.4 Å². The zero-order chi connectivity index (χ0) is 15.9. The molecule has 0 aromatic rings. The number of nitrogens with two attached hydrogens (primary N) is 1. The minimum absolute atomic E-state index is 0.00833. The average molecular weight is 300 g/mol. The molecule has 21 heavy (non-hydrogen) atoms. The highest BCUT2D eigenvalue weighted by molar-refractivity contribution is 5.88. The number of carbonyl (C=O) groups excluding carboxylic acids is 2. The molecular formula is C14H24N2O5. The number of nitrogens with one attached hydrogen (secondary N) is 1. The van der Waals surface area contributed by atoms with E-state index in [1.807, 2.05) is 0 Å². The minimum Gasteiger partial charge on any atom is -0.480 e. The highest BCUT2D eigenvalue weighted by Crippen LogP contribution is 2.35. The molecule has 0 aliphatic heterocycles. The van der Waals surface area contributed by atoms with E-state index in [0.29, 0.717) is 12.8 Å². The Labute approximate surface area is 124 Å². The summed E-state index contributed by atoms with van der Waals surface area (Å²) in [7, 11) is 1.24. The highest BCUT2D eigenvalue weighted by Gasteiger charge is 2.39. The summed E-state index contributed by atoms with van der Waals surface area (Å²) in [4.78, 5) is 34.7. The third kappa shape index (κ3) is 4.70. The average Bonchev–Trinajstić information content (AvgIpc) is 2.50. The molecule has 0 heterocycles. The molecular weight excluding hydrogens is 276 g/mol. The summed E-state index contributed by atoms with van der Waals surface area (Å²) in [6.45, 7) is 0.210. The van der Waals surface area contributed by atoms with Crippen molar-refractivity contribution in [2.24, 2.45) is 11.1 Å². The van der Waals surface area contributed by atoms with Crippen molar-refractivity contribution in [2.45, 2.75) is 51.0 Å². The summed E-state index contributed by atoms with van der Waals surface area (Å²) in [5, 5.41) is 11.7. The van der Waals surface area contributed by atoms with Gasteiger partial charge in [0.25, 0.3) is 0 Å². The number of aliphatic carboxylic acids is 1. The van der Waals surface area contributed by atoms with Crippen LogP contribution in [-0.4, -0.2) is 42.6 Å². The molecule has 1 aliphatic carbocycles. The molecule has 4 N–H and O–H groups in total. The van der Waals surface area contributed by atoms with Crippen molar-refractivity contribution in [2.75, 3.05) is 13.7 Å². The van der Waals surface area contributed by atoms with Crippen molar-refractivity contribution in [3.8, 4) is 0 Å². The molecule has 0 spiro atoms. The number of methoxy groups -OCH3 is 1. The Bertz CT molecular complexity index is 391. The topological polar surface area (TPSA) is 119 Å². The van der Waals surface area contributed by atoms with E-state index in [1.165, 1.54) is 7.11 Å². The lowest BCUT2D eigenvalue weighted by Gasteiger charge is -2.35. The second-order valence-electron chi connectivity index (χ2n) is 5.52. The maximum absolute atomic E-state index is 12.4. The lowest BCUT2D eigenvalue weighted by molar-refractivity contribution is -0.146. The second-order valence-corrected chi connectivity index (χ2v) is 5.52. The summed E-state index contributed by atoms with van der Waals surface area (Å²) in [5.41, 5.74) is 5.08. The molecule has 1 aliphatic rings. The number of carbonyl (C=O) groups is 3. The number of hydrogen-bond donors (Lipinski definition) is 3. The van der Waals surface area contributed by atoms with E-state index >= 15 is 0 Å². The van der Waals surface area contributed by atoms with E-state index in [4.69, 9.17) is 10.8 Å². The summed E-state index contributed by atoms with van der Waals surface area (Å²) < 4.78 is 4.48. The molecule has 0 aromatic carbocycles. The zero-order valence-corrected chi connectivity index (χ0v) is 12.4. The molecule has 120 valence electrons. The summed E-state index contributed by atoms with van der Waals surface area (Å²) in [6.07, 6.45) is 4.23. The zero-order valence-electron chi connectivity index (χ0n) is 12.4. The molecule has 1 rings (SSSR count). The van der Waals surface area contributed by atoms with Crippen LogP contribution >= 0.6 is 0 Å². The second kappa shape index (κ2) is 7.97. The first-order valence-corrected chi connectivity index (χ1v) is 7.26. The van der Waals surface area contributed by atoms with Gasteiger partial charge in [-0.1, -0.05) is 19.3 Å². The van der Waals surface area contributed by atoms with Gasteiger partial charge in [-0.15, -0.1) is 0 Å². The monoisotopic (exact) mass is 300 g/mol. The van der Waals surface area contributed by atoms with E-state index in [9.17, 15) is 14.4 Å². The number of amides is 1. The van der Waals surface area contributed by atoms with Gasteiger partial charge in [-0.05, 0) is 19.3 Å². The normalized spacial score (nSPS) is 18.6. The van der Waals surface area contributed by atoms with Crippen LogP contribution in [0.15, 0.2) is 0 Å². The molecule has 1 fully saturated rings. The van der Waals surface area contributed by atoms with Gasteiger partial charge < -0.3 is 20.9 Å². The van der Waals surface area contributed by atoms with Crippen LogP contribution in [0.5, 0.6) is 0 Å². The van der Waals surface area contributed by atoms with Gasteiger partial charge in [-0.3, -0.25) is 9.59 Å². The first-order valence-electron chi connectivity index (χ1n) is 7.26. The Morgan fingerprint density at radius 2 is 1.90 bits per heavy atom. The van der Waals surface area contributed by atoms with E-state index in [-0.39, 0.29) is 25.3 Å². The third-order valence-electron chi connectivity index (χ3n) is 4.15. The van der Waals surface area contributed by atoms with Crippen molar-refractivity contribution in [3.05, 3.63) is 0 Å². The molecule has 1 amide bonds. The number of ether oxygens (including phenoxy) is 1. The van der Waals surface area contributed by atoms with Crippen LogP contribution in [0.4, 0.5) is 0 Å². The Balaban J connectivity index is 2.66. The predicted octanol–water partition coefficient (Wildman–Crippen LogP) is 0.418. The third-order valence-corrected chi connectivity index (χ3v) is 4.15.